The molecule has 0 bridgehead atoms. The van der Waals surface area contributed by atoms with E-state index in [0.29, 0.717) is 18.8 Å². The van der Waals surface area contributed by atoms with Gasteiger partial charge in [-0.2, -0.15) is 0 Å². The van der Waals surface area contributed by atoms with E-state index >= 15 is 0 Å². The Balaban J connectivity index is 1.81. The Kier molecular flexibility index (Phi) is 4.68. The lowest BCUT2D eigenvalue weighted by atomic mass is 10.1. The summed E-state index contributed by atoms with van der Waals surface area (Å²) in [5.74, 6) is 0.778. The second-order valence-electron chi connectivity index (χ2n) is 5.33. The molecule has 0 amide bonds. The van der Waals surface area contributed by atoms with Crippen molar-refractivity contribution < 1.29 is 9.84 Å². The molecule has 118 valence electrons. The Labute approximate surface area is 135 Å². The third kappa shape index (κ3) is 3.57. The van der Waals surface area contributed by atoms with Gasteiger partial charge in [0.2, 0.25) is 0 Å². The molecule has 0 aliphatic heterocycles. The van der Waals surface area contributed by atoms with E-state index < -0.39 is 0 Å². The second-order valence-corrected chi connectivity index (χ2v) is 5.33. The first kappa shape index (κ1) is 15.2. The summed E-state index contributed by atoms with van der Waals surface area (Å²) in [7, 11) is 0. The number of rotatable bonds is 6. The standard InChI is InChI=1S/C18H19N3O2/c1-14-7-5-6-8-15(14)11-21-18(17(12-22)19-20-21)13-23-16-9-3-2-4-10-16/h2-10,22H,11-13H2,1H3. The molecule has 1 N–H and O–H groups in total. The molecule has 23 heavy (non-hydrogen) atoms. The van der Waals surface area contributed by atoms with Crippen LogP contribution in [0.25, 0.3) is 0 Å². The fraction of sp³-hybridized carbons (Fsp3) is 0.222. The molecule has 1 aromatic heterocycles. The molecule has 0 atom stereocenters. The molecule has 0 saturated heterocycles. The molecule has 0 aliphatic rings. The highest BCUT2D eigenvalue weighted by Crippen LogP contribution is 2.16. The Morgan fingerprint density at radius 2 is 1.78 bits per heavy atom. The zero-order valence-corrected chi connectivity index (χ0v) is 13.0. The predicted molar refractivity (Wildman–Crippen MR) is 87.0 cm³/mol. The SMILES string of the molecule is Cc1ccccc1Cn1nnc(CO)c1COc1ccccc1. The molecule has 0 aliphatic carbocycles. The number of aryl methyl sites for hydroxylation is 1. The minimum absolute atomic E-state index is 0.152. The van der Waals surface area contributed by atoms with Crippen molar-refractivity contribution >= 4 is 0 Å². The first-order chi connectivity index (χ1) is 11.3. The van der Waals surface area contributed by atoms with Gasteiger partial charge >= 0.3 is 0 Å². The van der Waals surface area contributed by atoms with Gasteiger partial charge in [0.15, 0.2) is 0 Å². The van der Waals surface area contributed by atoms with Crippen LogP contribution in [0.4, 0.5) is 0 Å². The van der Waals surface area contributed by atoms with Crippen LogP contribution in [-0.4, -0.2) is 20.1 Å². The van der Waals surface area contributed by atoms with Gasteiger partial charge < -0.3 is 9.84 Å². The van der Waals surface area contributed by atoms with Crippen LogP contribution in [0.15, 0.2) is 54.6 Å². The lowest BCUT2D eigenvalue weighted by Gasteiger charge is -2.11. The van der Waals surface area contributed by atoms with E-state index in [0.717, 1.165) is 11.4 Å². The molecule has 1 heterocycles. The predicted octanol–water partition coefficient (Wildman–Crippen LogP) is 2.71. The van der Waals surface area contributed by atoms with E-state index in [2.05, 4.69) is 29.4 Å². The van der Waals surface area contributed by atoms with E-state index in [1.165, 1.54) is 11.1 Å². The summed E-state index contributed by atoms with van der Waals surface area (Å²) in [6.45, 7) is 2.84. The number of benzene rings is 2. The third-order valence-corrected chi connectivity index (χ3v) is 3.77. The number of aliphatic hydroxyl groups is 1. The van der Waals surface area contributed by atoms with Crippen LogP contribution in [0.2, 0.25) is 0 Å². The molecular weight excluding hydrogens is 290 g/mol. The molecule has 2 aromatic carbocycles. The minimum atomic E-state index is -0.152. The van der Waals surface area contributed by atoms with Gasteiger partial charge in [0.25, 0.3) is 0 Å². The van der Waals surface area contributed by atoms with Crippen molar-refractivity contribution in [1.29, 1.82) is 0 Å². The van der Waals surface area contributed by atoms with Crippen LogP contribution >= 0.6 is 0 Å². The largest absolute Gasteiger partial charge is 0.487 e. The second kappa shape index (κ2) is 7.07. The van der Waals surface area contributed by atoms with E-state index in [-0.39, 0.29) is 6.61 Å². The molecular formula is C18H19N3O2. The van der Waals surface area contributed by atoms with Crippen molar-refractivity contribution in [2.45, 2.75) is 26.7 Å². The monoisotopic (exact) mass is 309 g/mol. The lowest BCUT2D eigenvalue weighted by molar-refractivity contribution is 0.262. The highest BCUT2D eigenvalue weighted by atomic mass is 16.5. The number of aromatic nitrogens is 3. The summed E-state index contributed by atoms with van der Waals surface area (Å²) in [6.07, 6.45) is 0. The molecule has 3 rings (SSSR count). The zero-order chi connectivity index (χ0) is 16.1. The first-order valence-corrected chi connectivity index (χ1v) is 7.52. The van der Waals surface area contributed by atoms with Crippen LogP contribution in [0.1, 0.15) is 22.5 Å². The number of hydrogen-bond acceptors (Lipinski definition) is 4. The smallest absolute Gasteiger partial charge is 0.132 e. The fourth-order valence-electron chi connectivity index (χ4n) is 2.39. The van der Waals surface area contributed by atoms with Gasteiger partial charge in [0.1, 0.15) is 23.7 Å². The molecule has 0 unspecified atom stereocenters. The molecule has 0 spiro atoms. The molecule has 3 aromatic rings. The molecule has 0 fully saturated rings. The van der Waals surface area contributed by atoms with Crippen LogP contribution < -0.4 is 4.74 Å². The van der Waals surface area contributed by atoms with Crippen LogP contribution in [-0.2, 0) is 19.8 Å². The maximum Gasteiger partial charge on any atom is 0.132 e. The topological polar surface area (TPSA) is 60.2 Å². The van der Waals surface area contributed by atoms with Crippen molar-refractivity contribution in [3.8, 4) is 5.75 Å². The lowest BCUT2D eigenvalue weighted by Crippen LogP contribution is -2.11. The van der Waals surface area contributed by atoms with Crippen molar-refractivity contribution in [1.82, 2.24) is 15.0 Å². The summed E-state index contributed by atoms with van der Waals surface area (Å²) in [5.41, 5.74) is 3.71. The van der Waals surface area contributed by atoms with Crippen LogP contribution in [0.5, 0.6) is 5.75 Å². The molecule has 5 heteroatoms. The Morgan fingerprint density at radius 1 is 1.04 bits per heavy atom. The van der Waals surface area contributed by atoms with E-state index in [1.807, 2.05) is 42.5 Å². The number of nitrogens with zero attached hydrogens (tertiary/aromatic N) is 3. The average Bonchev–Trinajstić information content (AvgIpc) is 2.98. The van der Waals surface area contributed by atoms with E-state index in [1.54, 1.807) is 4.68 Å². The minimum Gasteiger partial charge on any atom is -0.487 e. The highest BCUT2D eigenvalue weighted by Gasteiger charge is 2.14. The molecule has 0 radical (unpaired) electrons. The van der Waals surface area contributed by atoms with Crippen molar-refractivity contribution in [2.24, 2.45) is 0 Å². The summed E-state index contributed by atoms with van der Waals surface area (Å²) in [4.78, 5) is 0. The van der Waals surface area contributed by atoms with Crippen LogP contribution in [0, 0.1) is 6.92 Å². The highest BCUT2D eigenvalue weighted by molar-refractivity contribution is 5.26. The van der Waals surface area contributed by atoms with Gasteiger partial charge in [0.05, 0.1) is 13.2 Å². The normalized spacial score (nSPS) is 10.7. The van der Waals surface area contributed by atoms with E-state index in [4.69, 9.17) is 4.74 Å². The Morgan fingerprint density at radius 3 is 2.52 bits per heavy atom. The van der Waals surface area contributed by atoms with Crippen LogP contribution in [0.3, 0.4) is 0 Å². The van der Waals surface area contributed by atoms with Crippen molar-refractivity contribution in [2.75, 3.05) is 0 Å². The molecule has 0 saturated carbocycles. The fourth-order valence-corrected chi connectivity index (χ4v) is 2.39. The van der Waals surface area contributed by atoms with Crippen molar-refractivity contribution in [3.05, 3.63) is 77.1 Å². The Bertz CT molecular complexity index is 769. The number of hydrogen-bond donors (Lipinski definition) is 1. The van der Waals surface area contributed by atoms with Gasteiger partial charge in [-0.3, -0.25) is 0 Å². The third-order valence-electron chi connectivity index (χ3n) is 3.77. The number of ether oxygens (including phenoxy) is 1. The first-order valence-electron chi connectivity index (χ1n) is 7.52. The van der Waals surface area contributed by atoms with Crippen molar-refractivity contribution in [3.63, 3.8) is 0 Å². The van der Waals surface area contributed by atoms with Gasteiger partial charge in [-0.15, -0.1) is 5.10 Å². The van der Waals surface area contributed by atoms with Gasteiger partial charge in [-0.1, -0.05) is 47.7 Å². The summed E-state index contributed by atoms with van der Waals surface area (Å²) in [6, 6.07) is 17.7. The summed E-state index contributed by atoms with van der Waals surface area (Å²) >= 11 is 0. The number of para-hydroxylation sites is 1. The summed E-state index contributed by atoms with van der Waals surface area (Å²) < 4.78 is 7.58. The zero-order valence-electron chi connectivity index (χ0n) is 13.0. The number of aliphatic hydroxyl groups excluding tert-OH is 1. The van der Waals surface area contributed by atoms with E-state index in [9.17, 15) is 5.11 Å². The summed E-state index contributed by atoms with van der Waals surface area (Å²) in [5, 5.41) is 17.7. The maximum absolute atomic E-state index is 9.48. The Hall–Kier alpha value is -2.66. The van der Waals surface area contributed by atoms with Gasteiger partial charge in [0, 0.05) is 0 Å². The van der Waals surface area contributed by atoms with Gasteiger partial charge in [-0.25, -0.2) is 4.68 Å². The molecule has 5 nitrogen and oxygen atoms in total. The van der Waals surface area contributed by atoms with Gasteiger partial charge in [-0.05, 0) is 30.2 Å². The maximum atomic E-state index is 9.48. The average molecular weight is 309 g/mol. The quantitative estimate of drug-likeness (QED) is 0.760.